The molecular weight excluding hydrogens is 193 g/mol. The minimum atomic E-state index is -0.408. The van der Waals surface area contributed by atoms with Gasteiger partial charge in [0.2, 0.25) is 0 Å². The third kappa shape index (κ3) is 1.77. The Labute approximate surface area is 88.0 Å². The Balaban J connectivity index is 2.29. The van der Waals surface area contributed by atoms with E-state index in [0.29, 0.717) is 18.7 Å². The zero-order valence-electron chi connectivity index (χ0n) is 8.53. The van der Waals surface area contributed by atoms with Gasteiger partial charge in [-0.1, -0.05) is 24.3 Å². The van der Waals surface area contributed by atoms with E-state index in [0.717, 1.165) is 0 Å². The summed E-state index contributed by atoms with van der Waals surface area (Å²) >= 11 is 0. The van der Waals surface area contributed by atoms with Gasteiger partial charge in [-0.2, -0.15) is 0 Å². The van der Waals surface area contributed by atoms with Gasteiger partial charge in [0, 0.05) is 13.1 Å². The van der Waals surface area contributed by atoms with Gasteiger partial charge in [0.15, 0.2) is 0 Å². The fraction of sp³-hybridized carbons (Fsp3) is 0.250. The standard InChI is InChI=1S/C12H12FNO/c1-9-5-4-6-10(11(9)13)12(15)14-7-2-3-8-14/h2-6H,7-8H2,1H3. The van der Waals surface area contributed by atoms with Crippen molar-refractivity contribution in [3.05, 3.63) is 47.3 Å². The maximum atomic E-state index is 13.6. The third-order valence-corrected chi connectivity index (χ3v) is 2.53. The first-order chi connectivity index (χ1) is 7.20. The molecule has 0 aromatic heterocycles. The summed E-state index contributed by atoms with van der Waals surface area (Å²) in [5, 5.41) is 0. The minimum absolute atomic E-state index is 0.165. The first-order valence-corrected chi connectivity index (χ1v) is 4.89. The Bertz CT molecular complexity index is 418. The molecule has 0 bridgehead atoms. The highest BCUT2D eigenvalue weighted by Crippen LogP contribution is 2.15. The Kier molecular flexibility index (Phi) is 2.54. The van der Waals surface area contributed by atoms with Crippen LogP contribution in [0, 0.1) is 12.7 Å². The van der Waals surface area contributed by atoms with Gasteiger partial charge in [-0.15, -0.1) is 0 Å². The zero-order chi connectivity index (χ0) is 10.8. The molecule has 2 rings (SSSR count). The van der Waals surface area contributed by atoms with Gasteiger partial charge in [0.1, 0.15) is 5.82 Å². The topological polar surface area (TPSA) is 20.3 Å². The van der Waals surface area contributed by atoms with Crippen molar-refractivity contribution in [1.29, 1.82) is 0 Å². The number of amides is 1. The van der Waals surface area contributed by atoms with Crippen LogP contribution in [0.1, 0.15) is 15.9 Å². The maximum Gasteiger partial charge on any atom is 0.257 e. The van der Waals surface area contributed by atoms with Crippen molar-refractivity contribution in [2.45, 2.75) is 6.92 Å². The van der Waals surface area contributed by atoms with Crippen LogP contribution in [0.3, 0.4) is 0 Å². The quantitative estimate of drug-likeness (QED) is 0.643. The number of benzene rings is 1. The SMILES string of the molecule is Cc1cccc(C(=O)N2CC=CC2)c1F. The molecule has 1 heterocycles. The van der Waals surface area contributed by atoms with Gasteiger partial charge >= 0.3 is 0 Å². The molecule has 0 aliphatic carbocycles. The molecule has 15 heavy (non-hydrogen) atoms. The van der Waals surface area contributed by atoms with E-state index in [-0.39, 0.29) is 11.5 Å². The predicted molar refractivity (Wildman–Crippen MR) is 56.2 cm³/mol. The summed E-state index contributed by atoms with van der Waals surface area (Å²) in [5.74, 6) is -0.643. The van der Waals surface area contributed by atoms with E-state index in [1.165, 1.54) is 6.07 Å². The molecule has 2 nitrogen and oxygen atoms in total. The first-order valence-electron chi connectivity index (χ1n) is 4.89. The molecule has 1 aliphatic heterocycles. The summed E-state index contributed by atoms with van der Waals surface area (Å²) in [4.78, 5) is 13.5. The summed E-state index contributed by atoms with van der Waals surface area (Å²) in [6.07, 6.45) is 3.82. The predicted octanol–water partition coefficient (Wildman–Crippen LogP) is 2.15. The lowest BCUT2D eigenvalue weighted by Crippen LogP contribution is -2.29. The molecule has 0 unspecified atom stereocenters. The smallest absolute Gasteiger partial charge is 0.257 e. The monoisotopic (exact) mass is 205 g/mol. The number of carbonyl (C=O) groups excluding carboxylic acids is 1. The van der Waals surface area contributed by atoms with E-state index in [4.69, 9.17) is 0 Å². The van der Waals surface area contributed by atoms with Crippen molar-refractivity contribution >= 4 is 5.91 Å². The summed E-state index contributed by atoms with van der Waals surface area (Å²) in [6, 6.07) is 4.90. The normalized spacial score (nSPS) is 14.7. The molecule has 3 heteroatoms. The van der Waals surface area contributed by atoms with Gasteiger partial charge in [0.05, 0.1) is 5.56 Å². The first kappa shape index (κ1) is 9.90. The van der Waals surface area contributed by atoms with Crippen molar-refractivity contribution in [3.8, 4) is 0 Å². The van der Waals surface area contributed by atoms with E-state index >= 15 is 0 Å². The van der Waals surface area contributed by atoms with Crippen molar-refractivity contribution in [2.75, 3.05) is 13.1 Å². The molecule has 78 valence electrons. The molecule has 0 atom stereocenters. The van der Waals surface area contributed by atoms with Crippen LogP contribution < -0.4 is 0 Å². The highest BCUT2D eigenvalue weighted by atomic mass is 19.1. The maximum absolute atomic E-state index is 13.6. The fourth-order valence-electron chi connectivity index (χ4n) is 1.63. The van der Waals surface area contributed by atoms with Crippen LogP contribution in [0.4, 0.5) is 4.39 Å². The van der Waals surface area contributed by atoms with Gasteiger partial charge in [-0.05, 0) is 18.6 Å². The van der Waals surface area contributed by atoms with Crippen molar-refractivity contribution < 1.29 is 9.18 Å². The number of hydrogen-bond acceptors (Lipinski definition) is 1. The Morgan fingerprint density at radius 1 is 1.33 bits per heavy atom. The number of halogens is 1. The average Bonchev–Trinajstić information content (AvgIpc) is 2.74. The minimum Gasteiger partial charge on any atom is -0.331 e. The van der Waals surface area contributed by atoms with Crippen molar-refractivity contribution in [1.82, 2.24) is 4.90 Å². The fourth-order valence-corrected chi connectivity index (χ4v) is 1.63. The second-order valence-electron chi connectivity index (χ2n) is 3.62. The Hall–Kier alpha value is -1.64. The molecule has 0 N–H and O–H groups in total. The lowest BCUT2D eigenvalue weighted by molar-refractivity contribution is 0.0795. The van der Waals surface area contributed by atoms with Gasteiger partial charge in [0.25, 0.3) is 5.91 Å². The summed E-state index contributed by atoms with van der Waals surface area (Å²) in [6.45, 7) is 2.81. The largest absolute Gasteiger partial charge is 0.331 e. The second kappa shape index (κ2) is 3.85. The van der Waals surface area contributed by atoms with Gasteiger partial charge in [-0.25, -0.2) is 4.39 Å². The molecule has 1 amide bonds. The van der Waals surface area contributed by atoms with Crippen LogP contribution in [0.25, 0.3) is 0 Å². The molecule has 0 radical (unpaired) electrons. The van der Waals surface area contributed by atoms with Crippen LogP contribution in [0.2, 0.25) is 0 Å². The molecule has 1 aromatic carbocycles. The molecule has 1 aliphatic rings. The zero-order valence-corrected chi connectivity index (χ0v) is 8.53. The van der Waals surface area contributed by atoms with E-state index in [9.17, 15) is 9.18 Å². The number of aryl methyl sites for hydroxylation is 1. The molecule has 0 saturated heterocycles. The van der Waals surface area contributed by atoms with Crippen LogP contribution in [-0.4, -0.2) is 23.9 Å². The summed E-state index contributed by atoms with van der Waals surface area (Å²) in [7, 11) is 0. The van der Waals surface area contributed by atoms with Crippen LogP contribution in [-0.2, 0) is 0 Å². The summed E-state index contributed by atoms with van der Waals surface area (Å²) < 4.78 is 13.6. The Morgan fingerprint density at radius 3 is 2.67 bits per heavy atom. The third-order valence-electron chi connectivity index (χ3n) is 2.53. The lowest BCUT2D eigenvalue weighted by atomic mass is 10.1. The highest BCUT2D eigenvalue weighted by Gasteiger charge is 2.20. The van der Waals surface area contributed by atoms with Crippen LogP contribution in [0.15, 0.2) is 30.4 Å². The lowest BCUT2D eigenvalue weighted by Gasteiger charge is -2.16. The molecule has 0 fully saturated rings. The molecular formula is C12H12FNO. The number of rotatable bonds is 1. The van der Waals surface area contributed by atoms with E-state index < -0.39 is 5.82 Å². The Morgan fingerprint density at radius 2 is 2.00 bits per heavy atom. The van der Waals surface area contributed by atoms with Crippen LogP contribution >= 0.6 is 0 Å². The van der Waals surface area contributed by atoms with Gasteiger partial charge in [-0.3, -0.25) is 4.79 Å². The van der Waals surface area contributed by atoms with Crippen molar-refractivity contribution in [2.24, 2.45) is 0 Å². The number of hydrogen-bond donors (Lipinski definition) is 0. The number of nitrogens with zero attached hydrogens (tertiary/aromatic N) is 1. The molecule has 0 saturated carbocycles. The van der Waals surface area contributed by atoms with E-state index in [1.54, 1.807) is 24.0 Å². The molecule has 1 aromatic rings. The van der Waals surface area contributed by atoms with E-state index in [1.807, 2.05) is 12.2 Å². The second-order valence-corrected chi connectivity index (χ2v) is 3.62. The molecule has 0 spiro atoms. The highest BCUT2D eigenvalue weighted by molar-refractivity contribution is 5.95. The number of carbonyl (C=O) groups is 1. The summed E-state index contributed by atoms with van der Waals surface area (Å²) in [5.41, 5.74) is 0.673. The van der Waals surface area contributed by atoms with Crippen LogP contribution in [0.5, 0.6) is 0 Å². The van der Waals surface area contributed by atoms with Crippen molar-refractivity contribution in [3.63, 3.8) is 0 Å². The average molecular weight is 205 g/mol. The van der Waals surface area contributed by atoms with E-state index in [2.05, 4.69) is 0 Å². The van der Waals surface area contributed by atoms with Gasteiger partial charge < -0.3 is 4.90 Å².